The number of fused-ring (bicyclic) bond motifs is 14. The summed E-state index contributed by atoms with van der Waals surface area (Å²) in [5.74, 6) is 0. The maximum atomic E-state index is 9.98. The van der Waals surface area contributed by atoms with Crippen LogP contribution in [-0.4, -0.2) is 9.13 Å². The second-order valence-electron chi connectivity index (χ2n) is 11.8. The first kappa shape index (κ1) is 20.7. The van der Waals surface area contributed by atoms with Gasteiger partial charge in [0.1, 0.15) is 11.2 Å². The summed E-state index contributed by atoms with van der Waals surface area (Å²) in [5.41, 5.74) is 6.18. The first-order valence-electron chi connectivity index (χ1n) is 17.3. The molecule has 0 atom stereocenters. The van der Waals surface area contributed by atoms with Crippen LogP contribution in [0.5, 0.6) is 0 Å². The lowest BCUT2D eigenvalue weighted by molar-refractivity contribution is 0.671. The number of hydrogen-bond donors (Lipinski definition) is 0. The summed E-state index contributed by atoms with van der Waals surface area (Å²) in [6.07, 6.45) is 0. The molecular weight excluding hydrogens is 564 g/mol. The lowest BCUT2D eigenvalue weighted by Gasteiger charge is -2.13. The molecule has 0 saturated carbocycles. The molecule has 0 bridgehead atoms. The van der Waals surface area contributed by atoms with Crippen LogP contribution < -0.4 is 0 Å². The Bertz CT molecular complexity index is 3060. The van der Waals surface area contributed by atoms with Gasteiger partial charge in [0.05, 0.1) is 27.5 Å². The van der Waals surface area contributed by atoms with Crippen LogP contribution in [0.2, 0.25) is 0 Å². The number of rotatable bonds is 2. The normalized spacial score (nSPS) is 13.6. The van der Waals surface area contributed by atoms with E-state index in [1.165, 1.54) is 0 Å². The van der Waals surface area contributed by atoms with Crippen LogP contribution >= 0.6 is 0 Å². The zero-order chi connectivity index (χ0) is 33.4. The van der Waals surface area contributed by atoms with Gasteiger partial charge in [-0.15, -0.1) is 0 Å². The molecule has 0 fully saturated rings. The fourth-order valence-corrected chi connectivity index (χ4v) is 7.47. The van der Waals surface area contributed by atoms with Crippen molar-refractivity contribution in [2.24, 2.45) is 0 Å². The molecule has 11 rings (SSSR count). The maximum Gasteiger partial charge on any atom is 0.160 e. The second-order valence-corrected chi connectivity index (χ2v) is 11.8. The number of benzene rings is 7. The molecular formula is C42H24N2O2. The highest BCUT2D eigenvalue weighted by atomic mass is 16.3. The fraction of sp³-hybridized carbons (Fsp3) is 0. The summed E-state index contributed by atoms with van der Waals surface area (Å²) in [4.78, 5) is 0. The van der Waals surface area contributed by atoms with Gasteiger partial charge in [-0.2, -0.15) is 0 Å². The summed E-state index contributed by atoms with van der Waals surface area (Å²) < 4.78 is 54.8. The van der Waals surface area contributed by atoms with E-state index < -0.39 is 0 Å². The first-order valence-corrected chi connectivity index (χ1v) is 15.3. The molecule has 0 saturated heterocycles. The summed E-state index contributed by atoms with van der Waals surface area (Å²) in [6.45, 7) is 0. The average molecular weight is 593 g/mol. The van der Waals surface area contributed by atoms with Crippen LogP contribution in [0.4, 0.5) is 0 Å². The van der Waals surface area contributed by atoms with Crippen LogP contribution in [0.15, 0.2) is 154 Å². The Labute approximate surface area is 267 Å². The lowest BCUT2D eigenvalue weighted by Crippen LogP contribution is -1.99. The van der Waals surface area contributed by atoms with Crippen LogP contribution in [0.3, 0.4) is 0 Å². The summed E-state index contributed by atoms with van der Waals surface area (Å²) in [6, 6.07) is 39.2. The van der Waals surface area contributed by atoms with E-state index in [0.717, 1.165) is 65.3 Å². The van der Waals surface area contributed by atoms with Gasteiger partial charge >= 0.3 is 0 Å². The van der Waals surface area contributed by atoms with E-state index in [9.17, 15) is 5.48 Å². The first-order chi connectivity index (χ1) is 24.5. The van der Waals surface area contributed by atoms with Gasteiger partial charge in [0.15, 0.2) is 11.2 Å². The van der Waals surface area contributed by atoms with E-state index in [1.807, 2.05) is 106 Å². The Kier molecular flexibility index (Phi) is 3.90. The molecule has 0 aliphatic rings. The number of hydrogen-bond acceptors (Lipinski definition) is 2. The molecule has 11 aromatic rings. The van der Waals surface area contributed by atoms with E-state index in [0.29, 0.717) is 22.2 Å². The third-order valence-electron chi connectivity index (χ3n) is 9.40. The quantitative estimate of drug-likeness (QED) is 0.200. The molecule has 0 aliphatic heterocycles. The summed E-state index contributed by atoms with van der Waals surface area (Å²) in [7, 11) is 0. The summed E-state index contributed by atoms with van der Waals surface area (Å²) in [5, 5.41) is 7.50. The van der Waals surface area contributed by atoms with E-state index in [-0.39, 0.29) is 35.5 Å². The maximum absolute atomic E-state index is 9.98. The molecule has 0 amide bonds. The van der Waals surface area contributed by atoms with Crippen LogP contribution in [0.1, 0.15) is 5.48 Å². The van der Waals surface area contributed by atoms with Crippen molar-refractivity contribution >= 4 is 87.5 Å². The molecule has 0 aliphatic carbocycles. The second kappa shape index (κ2) is 8.68. The molecule has 4 heteroatoms. The van der Waals surface area contributed by atoms with Crippen molar-refractivity contribution in [3.05, 3.63) is 145 Å². The SMILES string of the molecule is [2H]c1c([2H])c(-n2c3ccccc3c3ccc4c5ccccc5oc4c32)c([2H])c(-n2c3ccccc3c3ccc4c5ccccc5oc4c32)c1[2H]. The van der Waals surface area contributed by atoms with Crippen molar-refractivity contribution in [3.63, 3.8) is 0 Å². The minimum atomic E-state index is -0.267. The monoisotopic (exact) mass is 592 g/mol. The Morgan fingerprint density at radius 2 is 0.826 bits per heavy atom. The summed E-state index contributed by atoms with van der Waals surface area (Å²) >= 11 is 0. The van der Waals surface area contributed by atoms with Gasteiger partial charge in [-0.25, -0.2) is 0 Å². The van der Waals surface area contributed by atoms with Crippen molar-refractivity contribution in [1.29, 1.82) is 0 Å². The zero-order valence-corrected chi connectivity index (χ0v) is 24.3. The molecule has 7 aromatic carbocycles. The zero-order valence-electron chi connectivity index (χ0n) is 28.3. The highest BCUT2D eigenvalue weighted by Crippen LogP contribution is 2.42. The molecule has 4 aromatic heterocycles. The van der Waals surface area contributed by atoms with Crippen LogP contribution in [0.25, 0.3) is 98.9 Å². The third-order valence-corrected chi connectivity index (χ3v) is 9.40. The van der Waals surface area contributed by atoms with E-state index in [4.69, 9.17) is 8.83 Å². The average Bonchev–Trinajstić information content (AvgIpc) is 3.89. The predicted molar refractivity (Wildman–Crippen MR) is 190 cm³/mol. The van der Waals surface area contributed by atoms with E-state index >= 15 is 0 Å². The van der Waals surface area contributed by atoms with Gasteiger partial charge in [-0.1, -0.05) is 91.0 Å². The van der Waals surface area contributed by atoms with Crippen molar-refractivity contribution in [3.8, 4) is 11.4 Å². The number of nitrogens with zero attached hydrogens (tertiary/aromatic N) is 2. The highest BCUT2D eigenvalue weighted by molar-refractivity contribution is 6.23. The predicted octanol–water partition coefficient (Wildman–Crippen LogP) is 11.7. The van der Waals surface area contributed by atoms with Crippen molar-refractivity contribution in [2.45, 2.75) is 0 Å². The molecule has 0 N–H and O–H groups in total. The Morgan fingerprint density at radius 1 is 0.413 bits per heavy atom. The molecule has 0 radical (unpaired) electrons. The van der Waals surface area contributed by atoms with Gasteiger partial charge < -0.3 is 18.0 Å². The minimum Gasteiger partial charge on any atom is -0.454 e. The van der Waals surface area contributed by atoms with Crippen LogP contribution in [0, 0.1) is 0 Å². The van der Waals surface area contributed by atoms with Gasteiger partial charge in [-0.3, -0.25) is 0 Å². The van der Waals surface area contributed by atoms with Crippen molar-refractivity contribution in [1.82, 2.24) is 9.13 Å². The van der Waals surface area contributed by atoms with Gasteiger partial charge in [0, 0.05) is 54.5 Å². The molecule has 214 valence electrons. The topological polar surface area (TPSA) is 36.1 Å². The largest absolute Gasteiger partial charge is 0.454 e. The third kappa shape index (κ3) is 3.03. The molecule has 4 nitrogen and oxygen atoms in total. The van der Waals surface area contributed by atoms with E-state index in [2.05, 4.69) is 24.3 Å². The number of aromatic nitrogens is 2. The Morgan fingerprint density at radius 3 is 1.33 bits per heavy atom. The van der Waals surface area contributed by atoms with Crippen molar-refractivity contribution in [2.75, 3.05) is 0 Å². The Balaban J connectivity index is 1.34. The number of para-hydroxylation sites is 4. The molecule has 46 heavy (non-hydrogen) atoms. The highest BCUT2D eigenvalue weighted by Gasteiger charge is 2.21. The standard InChI is InChI=1S/C42H24N2O2/c1-5-16-35-27(12-1)31-20-22-33-29-14-3-7-18-37(29)45-41(33)39(31)43(35)25-10-9-11-26(24-25)44-36-17-6-2-13-28(36)32-21-23-34-30-15-4-8-19-38(30)46-42(34)40(32)44/h1-24H/i9D,10D,11D,24D. The Hall–Kier alpha value is -6.26. The smallest absolute Gasteiger partial charge is 0.160 e. The number of furan rings is 2. The molecule has 4 heterocycles. The van der Waals surface area contributed by atoms with Crippen LogP contribution in [-0.2, 0) is 0 Å². The van der Waals surface area contributed by atoms with Crippen molar-refractivity contribution < 1.29 is 14.3 Å². The minimum absolute atomic E-state index is 0.0393. The van der Waals surface area contributed by atoms with Gasteiger partial charge in [0.2, 0.25) is 0 Å². The fourth-order valence-electron chi connectivity index (χ4n) is 7.47. The van der Waals surface area contributed by atoms with Gasteiger partial charge in [0.25, 0.3) is 0 Å². The van der Waals surface area contributed by atoms with E-state index in [1.54, 1.807) is 0 Å². The molecule has 0 spiro atoms. The lowest BCUT2D eigenvalue weighted by atomic mass is 10.1. The van der Waals surface area contributed by atoms with Gasteiger partial charge in [-0.05, 0) is 54.5 Å². The molecule has 0 unspecified atom stereocenters.